The lowest BCUT2D eigenvalue weighted by Gasteiger charge is -2.15. The van der Waals surface area contributed by atoms with E-state index in [1.54, 1.807) is 12.1 Å². The first-order valence-corrected chi connectivity index (χ1v) is 8.76. The summed E-state index contributed by atoms with van der Waals surface area (Å²) in [6, 6.07) is 12.0. The first-order valence-electron chi connectivity index (χ1n) is 8.76. The minimum absolute atomic E-state index is 0.00445. The van der Waals surface area contributed by atoms with Gasteiger partial charge in [-0.2, -0.15) is 0 Å². The number of carboxylic acids is 1. The zero-order chi connectivity index (χ0) is 19.2. The molecule has 0 fully saturated rings. The fraction of sp³-hybridized carbons (Fsp3) is 0.300. The normalized spacial score (nSPS) is 13.1. The molecule has 1 unspecified atom stereocenters. The van der Waals surface area contributed by atoms with Crippen LogP contribution in [-0.4, -0.2) is 29.9 Å². The Kier molecular flexibility index (Phi) is 5.80. The number of carbonyl (C=O) groups excluding carboxylic acids is 1. The molecule has 0 bridgehead atoms. The van der Waals surface area contributed by atoms with Crippen LogP contribution in [0.3, 0.4) is 0 Å². The number of aromatic carboxylic acids is 1. The van der Waals surface area contributed by atoms with Crippen molar-refractivity contribution in [3.05, 3.63) is 59.2 Å². The summed E-state index contributed by atoms with van der Waals surface area (Å²) in [5.74, 6) is 0.559. The van der Waals surface area contributed by atoms with Crippen molar-refractivity contribution < 1.29 is 24.2 Å². The average Bonchev–Trinajstić information content (AvgIpc) is 3.13. The highest BCUT2D eigenvalue weighted by atomic mass is 16.7. The zero-order valence-electron chi connectivity index (χ0n) is 15.0. The lowest BCUT2D eigenvalue weighted by Crippen LogP contribution is -2.40. The lowest BCUT2D eigenvalue weighted by molar-refractivity contribution is 0.0697. The van der Waals surface area contributed by atoms with Crippen LogP contribution in [-0.2, 0) is 13.0 Å². The third-order valence-electron chi connectivity index (χ3n) is 4.33. The molecule has 1 atom stereocenters. The van der Waals surface area contributed by atoms with Gasteiger partial charge >= 0.3 is 12.0 Å². The van der Waals surface area contributed by atoms with Gasteiger partial charge in [-0.15, -0.1) is 0 Å². The molecule has 0 radical (unpaired) electrons. The number of amides is 2. The fourth-order valence-electron chi connectivity index (χ4n) is 2.77. The van der Waals surface area contributed by atoms with E-state index in [-0.39, 0.29) is 24.4 Å². The van der Waals surface area contributed by atoms with E-state index in [0.717, 1.165) is 35.5 Å². The smallest absolute Gasteiger partial charge is 0.335 e. The number of ether oxygens (including phenoxy) is 2. The maximum Gasteiger partial charge on any atom is 0.335 e. The van der Waals surface area contributed by atoms with Gasteiger partial charge in [-0.1, -0.05) is 18.2 Å². The number of nitrogens with one attached hydrogen (secondary N) is 2. The van der Waals surface area contributed by atoms with Crippen LogP contribution in [0.15, 0.2) is 42.5 Å². The molecule has 7 nitrogen and oxygen atoms in total. The van der Waals surface area contributed by atoms with Crippen LogP contribution in [0, 0.1) is 0 Å². The van der Waals surface area contributed by atoms with Gasteiger partial charge in [0, 0.05) is 12.6 Å². The van der Waals surface area contributed by atoms with Gasteiger partial charge in [-0.25, -0.2) is 9.59 Å². The molecule has 0 aromatic heterocycles. The van der Waals surface area contributed by atoms with Crippen LogP contribution in [0.1, 0.15) is 34.8 Å². The SMILES string of the molecule is CC(CCc1ccc2c(c1)OCO2)NC(=O)NCc1ccc(C(=O)O)cc1. The molecule has 1 aliphatic heterocycles. The van der Waals surface area contributed by atoms with Gasteiger partial charge in [0.15, 0.2) is 11.5 Å². The number of benzene rings is 2. The topological polar surface area (TPSA) is 96.9 Å². The summed E-state index contributed by atoms with van der Waals surface area (Å²) in [6.45, 7) is 2.55. The van der Waals surface area contributed by atoms with E-state index >= 15 is 0 Å². The molecular weight excluding hydrogens is 348 g/mol. The number of rotatable bonds is 7. The molecule has 2 aromatic carbocycles. The van der Waals surface area contributed by atoms with Crippen molar-refractivity contribution in [3.8, 4) is 11.5 Å². The Balaban J connectivity index is 1.40. The second-order valence-corrected chi connectivity index (χ2v) is 6.46. The van der Waals surface area contributed by atoms with E-state index in [2.05, 4.69) is 10.6 Å². The van der Waals surface area contributed by atoms with Gasteiger partial charge in [-0.3, -0.25) is 0 Å². The molecule has 2 amide bonds. The molecule has 27 heavy (non-hydrogen) atoms. The Morgan fingerprint density at radius 1 is 1.07 bits per heavy atom. The molecule has 0 spiro atoms. The number of hydrogen-bond acceptors (Lipinski definition) is 4. The minimum Gasteiger partial charge on any atom is -0.478 e. The van der Waals surface area contributed by atoms with Gasteiger partial charge < -0.3 is 25.2 Å². The van der Waals surface area contributed by atoms with Crippen LogP contribution in [0.2, 0.25) is 0 Å². The van der Waals surface area contributed by atoms with Gasteiger partial charge in [-0.05, 0) is 55.2 Å². The second-order valence-electron chi connectivity index (χ2n) is 6.46. The van der Waals surface area contributed by atoms with Gasteiger partial charge in [0.05, 0.1) is 5.56 Å². The van der Waals surface area contributed by atoms with Crippen molar-refractivity contribution >= 4 is 12.0 Å². The molecule has 3 rings (SSSR count). The second kappa shape index (κ2) is 8.44. The minimum atomic E-state index is -0.969. The predicted molar refractivity (Wildman–Crippen MR) is 99.1 cm³/mol. The number of aryl methyl sites for hydroxylation is 1. The Morgan fingerprint density at radius 2 is 1.78 bits per heavy atom. The summed E-state index contributed by atoms with van der Waals surface area (Å²) in [7, 11) is 0. The highest BCUT2D eigenvalue weighted by molar-refractivity contribution is 5.87. The van der Waals surface area contributed by atoms with E-state index in [0.29, 0.717) is 6.54 Å². The maximum atomic E-state index is 12.0. The summed E-state index contributed by atoms with van der Waals surface area (Å²) in [4.78, 5) is 22.8. The van der Waals surface area contributed by atoms with Gasteiger partial charge in [0.25, 0.3) is 0 Å². The Labute approximate surface area is 157 Å². The van der Waals surface area contributed by atoms with E-state index in [1.165, 1.54) is 12.1 Å². The molecule has 1 aliphatic rings. The fourth-order valence-corrected chi connectivity index (χ4v) is 2.77. The number of fused-ring (bicyclic) bond motifs is 1. The van der Waals surface area contributed by atoms with E-state index in [4.69, 9.17) is 14.6 Å². The third kappa shape index (κ3) is 5.13. The highest BCUT2D eigenvalue weighted by Gasteiger charge is 2.14. The van der Waals surface area contributed by atoms with Crippen molar-refractivity contribution in [2.75, 3.05) is 6.79 Å². The first-order chi connectivity index (χ1) is 13.0. The number of carbonyl (C=O) groups is 2. The van der Waals surface area contributed by atoms with Crippen LogP contribution < -0.4 is 20.1 Å². The highest BCUT2D eigenvalue weighted by Crippen LogP contribution is 2.32. The molecule has 142 valence electrons. The Hall–Kier alpha value is -3.22. The molecule has 2 aromatic rings. The summed E-state index contributed by atoms with van der Waals surface area (Å²) >= 11 is 0. The van der Waals surface area contributed by atoms with Crippen LogP contribution in [0.25, 0.3) is 0 Å². The molecular formula is C20H22N2O5. The van der Waals surface area contributed by atoms with Crippen molar-refractivity contribution in [2.45, 2.75) is 32.4 Å². The van der Waals surface area contributed by atoms with Crippen molar-refractivity contribution in [1.29, 1.82) is 0 Å². The quantitative estimate of drug-likeness (QED) is 0.696. The molecule has 3 N–H and O–H groups in total. The number of urea groups is 1. The predicted octanol–water partition coefficient (Wildman–Crippen LogP) is 2.93. The summed E-state index contributed by atoms with van der Waals surface area (Å²) in [5, 5.41) is 14.6. The lowest BCUT2D eigenvalue weighted by atomic mass is 10.1. The molecule has 7 heteroatoms. The Morgan fingerprint density at radius 3 is 2.52 bits per heavy atom. The summed E-state index contributed by atoms with van der Waals surface area (Å²) in [6.07, 6.45) is 1.61. The monoisotopic (exact) mass is 370 g/mol. The average molecular weight is 370 g/mol. The van der Waals surface area contributed by atoms with Crippen LogP contribution >= 0.6 is 0 Å². The molecule has 0 aliphatic carbocycles. The van der Waals surface area contributed by atoms with E-state index in [9.17, 15) is 9.59 Å². The van der Waals surface area contributed by atoms with Crippen molar-refractivity contribution in [2.24, 2.45) is 0 Å². The first kappa shape index (κ1) is 18.6. The zero-order valence-corrected chi connectivity index (χ0v) is 15.0. The van der Waals surface area contributed by atoms with Crippen molar-refractivity contribution in [3.63, 3.8) is 0 Å². The maximum absolute atomic E-state index is 12.0. The largest absolute Gasteiger partial charge is 0.478 e. The third-order valence-corrected chi connectivity index (χ3v) is 4.33. The van der Waals surface area contributed by atoms with Gasteiger partial charge in [0.2, 0.25) is 6.79 Å². The number of carboxylic acid groups (broad SMARTS) is 1. The van der Waals surface area contributed by atoms with E-state index < -0.39 is 5.97 Å². The van der Waals surface area contributed by atoms with Crippen LogP contribution in [0.4, 0.5) is 4.79 Å². The standard InChI is InChI=1S/C20H22N2O5/c1-13(2-3-14-6-9-17-18(10-14)27-12-26-17)22-20(25)21-11-15-4-7-16(8-5-15)19(23)24/h4-10,13H,2-3,11-12H2,1H3,(H,23,24)(H2,21,22,25). The molecule has 1 heterocycles. The Bertz CT molecular complexity index is 820. The summed E-state index contributed by atoms with van der Waals surface area (Å²) < 4.78 is 10.7. The molecule has 0 saturated carbocycles. The number of hydrogen-bond donors (Lipinski definition) is 3. The van der Waals surface area contributed by atoms with Crippen molar-refractivity contribution in [1.82, 2.24) is 10.6 Å². The van der Waals surface area contributed by atoms with E-state index in [1.807, 2.05) is 25.1 Å². The summed E-state index contributed by atoms with van der Waals surface area (Å²) in [5.41, 5.74) is 2.19. The van der Waals surface area contributed by atoms with Crippen LogP contribution in [0.5, 0.6) is 11.5 Å². The molecule has 0 saturated heterocycles. The van der Waals surface area contributed by atoms with Gasteiger partial charge in [0.1, 0.15) is 0 Å².